The zero-order chi connectivity index (χ0) is 16.4. The molecule has 0 atom stereocenters. The van der Waals surface area contributed by atoms with Gasteiger partial charge in [0.25, 0.3) is 5.91 Å². The molecular formula is C19H19NO3. The third-order valence-corrected chi connectivity index (χ3v) is 4.36. The molecule has 2 aromatic carbocycles. The van der Waals surface area contributed by atoms with Crippen LogP contribution in [0.5, 0.6) is 0 Å². The van der Waals surface area contributed by atoms with Crippen LogP contribution in [0.15, 0.2) is 42.5 Å². The summed E-state index contributed by atoms with van der Waals surface area (Å²) in [7, 11) is 0. The van der Waals surface area contributed by atoms with Crippen LogP contribution < -0.4 is 0 Å². The molecule has 0 aromatic heterocycles. The largest absolute Gasteiger partial charge is 0.478 e. The summed E-state index contributed by atoms with van der Waals surface area (Å²) < 4.78 is 0. The van der Waals surface area contributed by atoms with Crippen LogP contribution in [0.1, 0.15) is 44.3 Å². The molecule has 0 saturated heterocycles. The minimum absolute atomic E-state index is 0.000897. The van der Waals surface area contributed by atoms with E-state index in [1.807, 2.05) is 30.3 Å². The lowest BCUT2D eigenvalue weighted by Crippen LogP contribution is -2.36. The van der Waals surface area contributed by atoms with Crippen molar-refractivity contribution in [3.63, 3.8) is 0 Å². The van der Waals surface area contributed by atoms with Gasteiger partial charge in [-0.3, -0.25) is 4.79 Å². The van der Waals surface area contributed by atoms with Gasteiger partial charge in [0.1, 0.15) is 0 Å². The first-order chi connectivity index (χ1) is 11.1. The van der Waals surface area contributed by atoms with Crippen molar-refractivity contribution >= 4 is 11.9 Å². The fraction of sp³-hybridized carbons (Fsp3) is 0.263. The van der Waals surface area contributed by atoms with Gasteiger partial charge in [-0.1, -0.05) is 25.1 Å². The molecule has 0 saturated carbocycles. The molecule has 3 rings (SSSR count). The Labute approximate surface area is 135 Å². The number of aromatic carboxylic acids is 1. The average Bonchev–Trinajstić information content (AvgIpc) is 2.60. The second-order valence-corrected chi connectivity index (χ2v) is 5.82. The van der Waals surface area contributed by atoms with Crippen molar-refractivity contribution in [3.8, 4) is 0 Å². The van der Waals surface area contributed by atoms with Gasteiger partial charge >= 0.3 is 5.97 Å². The van der Waals surface area contributed by atoms with Crippen LogP contribution in [0.2, 0.25) is 0 Å². The molecular weight excluding hydrogens is 290 g/mol. The van der Waals surface area contributed by atoms with Gasteiger partial charge in [0.2, 0.25) is 0 Å². The molecule has 4 nitrogen and oxygen atoms in total. The number of rotatable bonds is 3. The molecule has 0 aliphatic carbocycles. The third kappa shape index (κ3) is 3.11. The maximum atomic E-state index is 12.6. The van der Waals surface area contributed by atoms with Gasteiger partial charge in [0, 0.05) is 18.7 Å². The van der Waals surface area contributed by atoms with E-state index in [-0.39, 0.29) is 11.5 Å². The number of nitrogens with zero attached hydrogens (tertiary/aromatic N) is 1. The molecule has 1 heterocycles. The second-order valence-electron chi connectivity index (χ2n) is 5.82. The van der Waals surface area contributed by atoms with Crippen LogP contribution in [0, 0.1) is 0 Å². The summed E-state index contributed by atoms with van der Waals surface area (Å²) in [5.74, 6) is -0.939. The average molecular weight is 309 g/mol. The zero-order valence-electron chi connectivity index (χ0n) is 13.1. The lowest BCUT2D eigenvalue weighted by Gasteiger charge is -2.29. The van der Waals surface area contributed by atoms with E-state index in [9.17, 15) is 9.59 Å². The monoisotopic (exact) mass is 309 g/mol. The Hall–Kier alpha value is -2.62. The Morgan fingerprint density at radius 1 is 1.04 bits per heavy atom. The molecule has 118 valence electrons. The van der Waals surface area contributed by atoms with Gasteiger partial charge < -0.3 is 10.0 Å². The smallest absolute Gasteiger partial charge is 0.335 e. The summed E-state index contributed by atoms with van der Waals surface area (Å²) in [4.78, 5) is 25.5. The maximum Gasteiger partial charge on any atom is 0.335 e. The van der Waals surface area contributed by atoms with Crippen LogP contribution in [-0.2, 0) is 19.4 Å². The number of carboxylic acids is 1. The van der Waals surface area contributed by atoms with Crippen molar-refractivity contribution in [2.24, 2.45) is 0 Å². The van der Waals surface area contributed by atoms with E-state index in [1.54, 1.807) is 17.0 Å². The minimum Gasteiger partial charge on any atom is -0.478 e. The topological polar surface area (TPSA) is 57.6 Å². The van der Waals surface area contributed by atoms with Gasteiger partial charge in [-0.05, 0) is 53.8 Å². The third-order valence-electron chi connectivity index (χ3n) is 4.36. The predicted octanol–water partition coefficient (Wildman–Crippen LogP) is 3.15. The normalized spacial score (nSPS) is 13.5. The first-order valence-corrected chi connectivity index (χ1v) is 7.82. The van der Waals surface area contributed by atoms with Crippen molar-refractivity contribution in [1.82, 2.24) is 4.90 Å². The van der Waals surface area contributed by atoms with E-state index in [4.69, 9.17) is 5.11 Å². The van der Waals surface area contributed by atoms with Crippen LogP contribution >= 0.6 is 0 Å². The van der Waals surface area contributed by atoms with Crippen molar-refractivity contribution < 1.29 is 14.7 Å². The molecule has 23 heavy (non-hydrogen) atoms. The summed E-state index contributed by atoms with van der Waals surface area (Å²) in [5, 5.41) is 9.11. The number of benzene rings is 2. The number of aryl methyl sites for hydroxylation is 1. The van der Waals surface area contributed by atoms with Crippen molar-refractivity contribution in [3.05, 3.63) is 70.3 Å². The Kier molecular flexibility index (Phi) is 4.15. The first-order valence-electron chi connectivity index (χ1n) is 7.82. The van der Waals surface area contributed by atoms with Crippen LogP contribution in [0.3, 0.4) is 0 Å². The van der Waals surface area contributed by atoms with Crippen molar-refractivity contribution in [1.29, 1.82) is 0 Å². The Bertz CT molecular complexity index is 750. The lowest BCUT2D eigenvalue weighted by molar-refractivity contribution is 0.0696. The highest BCUT2D eigenvalue weighted by atomic mass is 16.4. The number of hydrogen-bond donors (Lipinski definition) is 1. The summed E-state index contributed by atoms with van der Waals surface area (Å²) >= 11 is 0. The molecule has 1 N–H and O–H groups in total. The number of amides is 1. The van der Waals surface area contributed by atoms with Crippen LogP contribution in [0.25, 0.3) is 0 Å². The molecule has 2 aromatic rings. The maximum absolute atomic E-state index is 12.6. The van der Waals surface area contributed by atoms with E-state index < -0.39 is 5.97 Å². The molecule has 0 spiro atoms. The highest BCUT2D eigenvalue weighted by Crippen LogP contribution is 2.22. The number of carbonyl (C=O) groups is 2. The Balaban J connectivity index is 1.81. The van der Waals surface area contributed by atoms with Crippen LogP contribution in [0.4, 0.5) is 0 Å². The Morgan fingerprint density at radius 2 is 1.74 bits per heavy atom. The van der Waals surface area contributed by atoms with Gasteiger partial charge in [-0.2, -0.15) is 0 Å². The number of hydrogen-bond acceptors (Lipinski definition) is 2. The van der Waals surface area contributed by atoms with Crippen molar-refractivity contribution in [2.45, 2.75) is 26.3 Å². The molecule has 0 unspecified atom stereocenters. The molecule has 4 heteroatoms. The Morgan fingerprint density at radius 3 is 2.39 bits per heavy atom. The molecule has 0 fully saturated rings. The minimum atomic E-state index is -0.939. The first kappa shape index (κ1) is 15.3. The summed E-state index contributed by atoms with van der Waals surface area (Å²) in [6.45, 7) is 3.21. The van der Waals surface area contributed by atoms with E-state index >= 15 is 0 Å². The summed E-state index contributed by atoms with van der Waals surface area (Å²) in [6.07, 6.45) is 1.71. The fourth-order valence-electron chi connectivity index (χ4n) is 2.93. The molecule has 1 aliphatic heterocycles. The van der Waals surface area contributed by atoms with Gasteiger partial charge in [-0.15, -0.1) is 0 Å². The highest BCUT2D eigenvalue weighted by Gasteiger charge is 2.22. The SMILES string of the molecule is CCc1ccc(C(=O)N2CCc3ccc(C(=O)O)cc3C2)cc1. The van der Waals surface area contributed by atoms with E-state index in [2.05, 4.69) is 6.92 Å². The standard InChI is InChI=1S/C19H19NO3/c1-2-13-3-5-15(6-4-13)18(21)20-10-9-14-7-8-16(19(22)23)11-17(14)12-20/h3-8,11H,2,9-10,12H2,1H3,(H,22,23). The van der Waals surface area contributed by atoms with E-state index in [1.165, 1.54) is 5.56 Å². The number of fused-ring (bicyclic) bond motifs is 1. The van der Waals surface area contributed by atoms with Crippen LogP contribution in [-0.4, -0.2) is 28.4 Å². The molecule has 0 radical (unpaired) electrons. The quantitative estimate of drug-likeness (QED) is 0.947. The highest BCUT2D eigenvalue weighted by molar-refractivity contribution is 5.94. The van der Waals surface area contributed by atoms with Gasteiger partial charge in [0.05, 0.1) is 5.56 Å². The number of carbonyl (C=O) groups excluding carboxylic acids is 1. The van der Waals surface area contributed by atoms with Gasteiger partial charge in [0.15, 0.2) is 0 Å². The van der Waals surface area contributed by atoms with Gasteiger partial charge in [-0.25, -0.2) is 4.79 Å². The summed E-state index contributed by atoms with van der Waals surface area (Å²) in [5.41, 5.74) is 4.21. The van der Waals surface area contributed by atoms with E-state index in [0.29, 0.717) is 18.7 Å². The lowest BCUT2D eigenvalue weighted by atomic mass is 9.96. The molecule has 0 bridgehead atoms. The van der Waals surface area contributed by atoms with Crippen molar-refractivity contribution in [2.75, 3.05) is 6.54 Å². The fourth-order valence-corrected chi connectivity index (χ4v) is 2.93. The zero-order valence-corrected chi connectivity index (χ0v) is 13.1. The summed E-state index contributed by atoms with van der Waals surface area (Å²) in [6, 6.07) is 12.9. The number of carboxylic acid groups (broad SMARTS) is 1. The van der Waals surface area contributed by atoms with E-state index in [0.717, 1.165) is 24.0 Å². The molecule has 1 aliphatic rings. The predicted molar refractivity (Wildman–Crippen MR) is 87.7 cm³/mol. The second kappa shape index (κ2) is 6.24. The molecule has 1 amide bonds.